The van der Waals surface area contributed by atoms with E-state index in [4.69, 9.17) is 0 Å². The molecule has 19 heavy (non-hydrogen) atoms. The second kappa shape index (κ2) is 5.24. The lowest BCUT2D eigenvalue weighted by Gasteiger charge is -2.08. The molecule has 0 amide bonds. The van der Waals surface area contributed by atoms with E-state index >= 15 is 0 Å². The molecule has 0 spiro atoms. The zero-order valence-electron chi connectivity index (χ0n) is 11.6. The molecule has 2 aromatic rings. The quantitative estimate of drug-likeness (QED) is 0.859. The summed E-state index contributed by atoms with van der Waals surface area (Å²) in [6.07, 6.45) is 1.02. The fraction of sp³-hybridized carbons (Fsp3) is 0.583. The molecule has 2 rings (SSSR count). The standard InChI is InChI=1S/C12H18N4O2S/c1-5-7(3)19-12-13-9-8(16(12)6-2)10(17)14-11(18)15(9)4/h7H,5-6H2,1-4H3,(H,14,17,18)/t7-/m0/s1. The number of thioether (sulfide) groups is 1. The summed E-state index contributed by atoms with van der Waals surface area (Å²) < 4.78 is 3.24. The molecule has 0 bridgehead atoms. The minimum atomic E-state index is -0.432. The van der Waals surface area contributed by atoms with Gasteiger partial charge in [-0.3, -0.25) is 14.3 Å². The summed E-state index contributed by atoms with van der Waals surface area (Å²) in [6.45, 7) is 6.84. The molecular weight excluding hydrogens is 264 g/mol. The summed E-state index contributed by atoms with van der Waals surface area (Å²) in [5, 5.41) is 1.21. The van der Waals surface area contributed by atoms with Crippen molar-refractivity contribution in [3.63, 3.8) is 0 Å². The molecule has 104 valence electrons. The third kappa shape index (κ3) is 2.34. The molecule has 2 heterocycles. The van der Waals surface area contributed by atoms with E-state index in [1.165, 1.54) is 4.57 Å². The summed E-state index contributed by atoms with van der Waals surface area (Å²) in [4.78, 5) is 30.3. The van der Waals surface area contributed by atoms with E-state index in [-0.39, 0.29) is 5.56 Å². The number of nitrogens with one attached hydrogen (secondary N) is 1. The maximum absolute atomic E-state index is 12.0. The van der Waals surface area contributed by atoms with Crippen molar-refractivity contribution in [1.29, 1.82) is 0 Å². The first-order chi connectivity index (χ1) is 8.99. The minimum Gasteiger partial charge on any atom is -0.313 e. The Balaban J connectivity index is 2.74. The van der Waals surface area contributed by atoms with Crippen molar-refractivity contribution >= 4 is 22.9 Å². The van der Waals surface area contributed by atoms with Gasteiger partial charge >= 0.3 is 5.69 Å². The zero-order chi connectivity index (χ0) is 14.2. The fourth-order valence-corrected chi connectivity index (χ4v) is 2.87. The monoisotopic (exact) mass is 282 g/mol. The molecule has 1 N–H and O–H groups in total. The Bertz CT molecular complexity index is 713. The first-order valence-corrected chi connectivity index (χ1v) is 7.23. The van der Waals surface area contributed by atoms with Crippen LogP contribution in [0.4, 0.5) is 0 Å². The lowest BCUT2D eigenvalue weighted by molar-refractivity contribution is 0.696. The number of H-pyrrole nitrogens is 1. The molecule has 0 aliphatic carbocycles. The van der Waals surface area contributed by atoms with Crippen LogP contribution in [-0.2, 0) is 13.6 Å². The van der Waals surface area contributed by atoms with Gasteiger partial charge in [0.25, 0.3) is 5.56 Å². The molecule has 7 heteroatoms. The van der Waals surface area contributed by atoms with Gasteiger partial charge in [0.2, 0.25) is 0 Å². The second-order valence-corrected chi connectivity index (χ2v) is 5.87. The summed E-state index contributed by atoms with van der Waals surface area (Å²) in [7, 11) is 1.62. The van der Waals surface area contributed by atoms with Crippen LogP contribution in [-0.4, -0.2) is 24.4 Å². The molecule has 0 radical (unpaired) electrons. The van der Waals surface area contributed by atoms with Crippen LogP contribution in [0.1, 0.15) is 27.2 Å². The Morgan fingerprint density at radius 3 is 2.63 bits per heavy atom. The van der Waals surface area contributed by atoms with Crippen LogP contribution in [0.2, 0.25) is 0 Å². The minimum absolute atomic E-state index is 0.372. The van der Waals surface area contributed by atoms with Crippen LogP contribution < -0.4 is 11.2 Å². The van der Waals surface area contributed by atoms with Gasteiger partial charge in [-0.2, -0.15) is 0 Å². The number of imidazole rings is 1. The highest BCUT2D eigenvalue weighted by Crippen LogP contribution is 2.26. The maximum atomic E-state index is 12.0. The van der Waals surface area contributed by atoms with Crippen molar-refractivity contribution in [2.75, 3.05) is 0 Å². The van der Waals surface area contributed by atoms with Gasteiger partial charge in [-0.15, -0.1) is 0 Å². The van der Waals surface area contributed by atoms with Crippen LogP contribution in [0, 0.1) is 0 Å². The Kier molecular flexibility index (Phi) is 3.84. The smallest absolute Gasteiger partial charge is 0.313 e. The van der Waals surface area contributed by atoms with Gasteiger partial charge in [0.05, 0.1) is 0 Å². The first-order valence-electron chi connectivity index (χ1n) is 6.35. The molecule has 0 saturated heterocycles. The van der Waals surface area contributed by atoms with Crippen molar-refractivity contribution in [2.45, 2.75) is 44.1 Å². The van der Waals surface area contributed by atoms with E-state index in [1.54, 1.807) is 18.8 Å². The number of aryl methyl sites for hydroxylation is 2. The predicted molar refractivity (Wildman–Crippen MR) is 76.9 cm³/mol. The van der Waals surface area contributed by atoms with Gasteiger partial charge in [-0.25, -0.2) is 9.78 Å². The highest BCUT2D eigenvalue weighted by Gasteiger charge is 2.17. The van der Waals surface area contributed by atoms with Crippen LogP contribution in [0.25, 0.3) is 11.2 Å². The Morgan fingerprint density at radius 2 is 2.05 bits per heavy atom. The average molecular weight is 282 g/mol. The number of nitrogens with zero attached hydrogens (tertiary/aromatic N) is 3. The second-order valence-electron chi connectivity index (χ2n) is 4.47. The number of rotatable bonds is 4. The maximum Gasteiger partial charge on any atom is 0.329 e. The molecule has 0 fully saturated rings. The third-order valence-corrected chi connectivity index (χ3v) is 4.43. The van der Waals surface area contributed by atoms with Gasteiger partial charge in [-0.05, 0) is 13.3 Å². The summed E-state index contributed by atoms with van der Waals surface area (Å²) in [5.74, 6) is 0. The Morgan fingerprint density at radius 1 is 1.37 bits per heavy atom. The van der Waals surface area contributed by atoms with Crippen molar-refractivity contribution in [3.8, 4) is 0 Å². The zero-order valence-corrected chi connectivity index (χ0v) is 12.4. The summed E-state index contributed by atoms with van der Waals surface area (Å²) in [6, 6.07) is 0. The SMILES string of the molecule is CC[C@H](C)Sc1nc2c(c(=O)[nH]c(=O)n2C)n1CC. The van der Waals surface area contributed by atoms with Crippen molar-refractivity contribution in [2.24, 2.45) is 7.05 Å². The lowest BCUT2D eigenvalue weighted by atomic mass is 10.4. The normalized spacial score (nSPS) is 13.1. The van der Waals surface area contributed by atoms with E-state index in [0.29, 0.717) is 23.0 Å². The van der Waals surface area contributed by atoms with E-state index < -0.39 is 5.69 Å². The average Bonchev–Trinajstić information content (AvgIpc) is 2.74. The van der Waals surface area contributed by atoms with Gasteiger partial charge in [0, 0.05) is 18.8 Å². The van der Waals surface area contributed by atoms with E-state index in [0.717, 1.165) is 11.6 Å². The lowest BCUT2D eigenvalue weighted by Crippen LogP contribution is -2.29. The molecule has 2 aromatic heterocycles. The first kappa shape index (κ1) is 13.9. The number of hydrogen-bond acceptors (Lipinski definition) is 4. The molecule has 6 nitrogen and oxygen atoms in total. The highest BCUT2D eigenvalue weighted by atomic mass is 32.2. The summed E-state index contributed by atoms with van der Waals surface area (Å²) >= 11 is 1.63. The van der Waals surface area contributed by atoms with E-state index in [2.05, 4.69) is 23.8 Å². The number of fused-ring (bicyclic) bond motifs is 1. The van der Waals surface area contributed by atoms with E-state index in [9.17, 15) is 9.59 Å². The van der Waals surface area contributed by atoms with Gasteiger partial charge in [0.1, 0.15) is 0 Å². The number of hydrogen-bond donors (Lipinski definition) is 1. The van der Waals surface area contributed by atoms with Crippen LogP contribution in [0.5, 0.6) is 0 Å². The van der Waals surface area contributed by atoms with Crippen molar-refractivity contribution in [3.05, 3.63) is 20.8 Å². The summed E-state index contributed by atoms with van der Waals surface area (Å²) in [5.41, 5.74) is 0.110. The molecule has 0 aromatic carbocycles. The Labute approximate surface area is 114 Å². The van der Waals surface area contributed by atoms with Crippen LogP contribution in [0.15, 0.2) is 14.7 Å². The topological polar surface area (TPSA) is 72.7 Å². The highest BCUT2D eigenvalue weighted by molar-refractivity contribution is 7.99. The largest absolute Gasteiger partial charge is 0.329 e. The van der Waals surface area contributed by atoms with Crippen molar-refractivity contribution in [1.82, 2.24) is 19.1 Å². The molecule has 0 saturated carbocycles. The van der Waals surface area contributed by atoms with Crippen LogP contribution >= 0.6 is 11.8 Å². The molecule has 0 aliphatic rings. The molecule has 0 unspecified atom stereocenters. The fourth-order valence-electron chi connectivity index (χ4n) is 1.86. The number of aromatic nitrogens is 4. The van der Waals surface area contributed by atoms with Crippen molar-refractivity contribution < 1.29 is 0 Å². The number of aromatic amines is 1. The molecule has 0 aliphatic heterocycles. The predicted octanol–water partition coefficient (Wildman–Crippen LogP) is 1.33. The Hall–Kier alpha value is -1.50. The van der Waals surface area contributed by atoms with Gasteiger partial charge in [0.15, 0.2) is 16.3 Å². The third-order valence-electron chi connectivity index (χ3n) is 3.17. The van der Waals surface area contributed by atoms with Gasteiger partial charge < -0.3 is 4.57 Å². The van der Waals surface area contributed by atoms with E-state index in [1.807, 2.05) is 11.5 Å². The van der Waals surface area contributed by atoms with Gasteiger partial charge in [-0.1, -0.05) is 25.6 Å². The van der Waals surface area contributed by atoms with Crippen LogP contribution in [0.3, 0.4) is 0 Å². The molecular formula is C12H18N4O2S. The molecule has 1 atom stereocenters.